The number of ketones is 1. The van der Waals surface area contributed by atoms with Crippen LogP contribution in [-0.4, -0.2) is 43.8 Å². The van der Waals surface area contributed by atoms with Crippen molar-refractivity contribution in [2.45, 2.75) is 39.2 Å². The molecule has 7 nitrogen and oxygen atoms in total. The molecule has 2 rings (SSSR count). The topological polar surface area (TPSA) is 88.1 Å². The summed E-state index contributed by atoms with van der Waals surface area (Å²) in [5.41, 5.74) is 0.990. The van der Waals surface area contributed by atoms with Crippen LogP contribution in [0.2, 0.25) is 0 Å². The molecule has 0 radical (unpaired) electrons. The number of benzene rings is 1. The fraction of sp³-hybridized carbons (Fsp3) is 0.474. The number of Topliss-reactive ketones (excluding diaryl/α,β-unsaturated/α-hetero) is 1. The third-order valence-corrected chi connectivity index (χ3v) is 4.49. The van der Waals surface area contributed by atoms with E-state index in [0.29, 0.717) is 22.8 Å². The maximum Gasteiger partial charge on any atom is 0.412 e. The summed E-state index contributed by atoms with van der Waals surface area (Å²) in [6.45, 7) is 4.56. The Bertz CT molecular complexity index is 714. The van der Waals surface area contributed by atoms with Crippen molar-refractivity contribution in [2.24, 2.45) is 0 Å². The third-order valence-electron chi connectivity index (χ3n) is 4.49. The van der Waals surface area contributed by atoms with Crippen LogP contribution in [0, 0.1) is 0 Å². The Labute approximate surface area is 153 Å². The van der Waals surface area contributed by atoms with Gasteiger partial charge in [0.05, 0.1) is 31.5 Å². The lowest BCUT2D eigenvalue weighted by atomic mass is 9.90. The van der Waals surface area contributed by atoms with Gasteiger partial charge < -0.3 is 19.9 Å². The van der Waals surface area contributed by atoms with Crippen LogP contribution < -0.4 is 19.7 Å². The minimum atomic E-state index is -1.13. The van der Waals surface area contributed by atoms with Gasteiger partial charge in [0.1, 0.15) is 0 Å². The number of anilines is 1. The number of carbonyl (C=O) groups excluding carboxylic acids is 1. The quantitative estimate of drug-likeness (QED) is 0.571. The number of fused-ring (bicyclic) bond motifs is 1. The lowest BCUT2D eigenvalue weighted by Gasteiger charge is -2.34. The Kier molecular flexibility index (Phi) is 6.49. The highest BCUT2D eigenvalue weighted by molar-refractivity contribution is 6.18. The van der Waals surface area contributed by atoms with Crippen molar-refractivity contribution in [3.05, 3.63) is 29.5 Å². The molecule has 0 fully saturated rings. The van der Waals surface area contributed by atoms with Crippen LogP contribution in [0.25, 0.3) is 0 Å². The van der Waals surface area contributed by atoms with E-state index in [1.165, 1.54) is 31.3 Å². The Morgan fingerprint density at radius 2 is 1.92 bits per heavy atom. The highest BCUT2D eigenvalue weighted by atomic mass is 16.5. The summed E-state index contributed by atoms with van der Waals surface area (Å²) in [7, 11) is 2.94. The normalized spacial score (nSPS) is 17.8. The molecule has 7 heteroatoms. The standard InChI is InChI=1S/C19H26N2O5/c1-5-6-7-8-20-11-14-12(2)21(19(23)24)15-10-17(26-4)16(25-3)9-13(15)18(14)22/h9-12,20H,5-8H2,1-4H3,(H,23,24). The summed E-state index contributed by atoms with van der Waals surface area (Å²) in [5.74, 6) is 0.548. The maximum absolute atomic E-state index is 13.0. The van der Waals surface area contributed by atoms with E-state index in [1.54, 1.807) is 13.1 Å². The van der Waals surface area contributed by atoms with Crippen LogP contribution in [-0.2, 0) is 0 Å². The van der Waals surface area contributed by atoms with Crippen LogP contribution >= 0.6 is 0 Å². The number of rotatable bonds is 7. The van der Waals surface area contributed by atoms with E-state index in [-0.39, 0.29) is 11.3 Å². The Morgan fingerprint density at radius 3 is 2.50 bits per heavy atom. The molecule has 2 N–H and O–H groups in total. The first kappa shape index (κ1) is 19.6. The maximum atomic E-state index is 13.0. The van der Waals surface area contributed by atoms with Gasteiger partial charge in [-0.3, -0.25) is 9.69 Å². The van der Waals surface area contributed by atoms with Gasteiger partial charge in [-0.05, 0) is 19.4 Å². The van der Waals surface area contributed by atoms with E-state index in [4.69, 9.17) is 9.47 Å². The molecule has 1 aliphatic heterocycles. The molecule has 1 amide bonds. The largest absolute Gasteiger partial charge is 0.493 e. The smallest absolute Gasteiger partial charge is 0.412 e. The van der Waals surface area contributed by atoms with Crippen LogP contribution in [0.5, 0.6) is 11.5 Å². The Hall–Kier alpha value is -2.70. The number of methoxy groups -OCH3 is 2. The van der Waals surface area contributed by atoms with E-state index in [0.717, 1.165) is 25.8 Å². The van der Waals surface area contributed by atoms with E-state index >= 15 is 0 Å². The summed E-state index contributed by atoms with van der Waals surface area (Å²) in [4.78, 5) is 26.0. The highest BCUT2D eigenvalue weighted by Crippen LogP contribution is 2.40. The molecule has 1 atom stereocenters. The zero-order valence-electron chi connectivity index (χ0n) is 15.7. The minimum absolute atomic E-state index is 0.214. The second-order valence-electron chi connectivity index (χ2n) is 6.14. The first-order valence-corrected chi connectivity index (χ1v) is 8.72. The van der Waals surface area contributed by atoms with Crippen molar-refractivity contribution in [3.63, 3.8) is 0 Å². The Balaban J connectivity index is 2.44. The number of hydrogen-bond donors (Lipinski definition) is 2. The van der Waals surface area contributed by atoms with Crippen molar-refractivity contribution in [1.29, 1.82) is 0 Å². The lowest BCUT2D eigenvalue weighted by Crippen LogP contribution is -2.45. The van der Waals surface area contributed by atoms with Gasteiger partial charge in [-0.2, -0.15) is 0 Å². The predicted octanol–water partition coefficient (Wildman–Crippen LogP) is 3.44. The number of hydrogen-bond acceptors (Lipinski definition) is 5. The van der Waals surface area contributed by atoms with Gasteiger partial charge in [-0.25, -0.2) is 4.79 Å². The van der Waals surface area contributed by atoms with Crippen LogP contribution in [0.3, 0.4) is 0 Å². The third kappa shape index (κ3) is 3.76. The van der Waals surface area contributed by atoms with Crippen molar-refractivity contribution < 1.29 is 24.2 Å². The van der Waals surface area contributed by atoms with Gasteiger partial charge in [0.15, 0.2) is 17.3 Å². The molecule has 0 saturated heterocycles. The molecular weight excluding hydrogens is 336 g/mol. The predicted molar refractivity (Wildman–Crippen MR) is 99.5 cm³/mol. The van der Waals surface area contributed by atoms with Crippen molar-refractivity contribution in [3.8, 4) is 11.5 Å². The van der Waals surface area contributed by atoms with E-state index in [9.17, 15) is 14.7 Å². The van der Waals surface area contributed by atoms with Gasteiger partial charge in [0, 0.05) is 24.4 Å². The second-order valence-corrected chi connectivity index (χ2v) is 6.14. The zero-order valence-corrected chi connectivity index (χ0v) is 15.7. The van der Waals surface area contributed by atoms with Gasteiger partial charge >= 0.3 is 6.09 Å². The molecule has 0 saturated carbocycles. The van der Waals surface area contributed by atoms with Gasteiger partial charge in [-0.1, -0.05) is 19.8 Å². The number of unbranched alkanes of at least 4 members (excludes halogenated alkanes) is 2. The van der Waals surface area contributed by atoms with E-state index in [2.05, 4.69) is 12.2 Å². The number of amides is 1. The van der Waals surface area contributed by atoms with E-state index in [1.807, 2.05) is 0 Å². The number of carboxylic acid groups (broad SMARTS) is 1. The highest BCUT2D eigenvalue weighted by Gasteiger charge is 2.38. The average Bonchev–Trinajstić information content (AvgIpc) is 2.62. The molecule has 0 aromatic heterocycles. The molecule has 1 aromatic carbocycles. The van der Waals surface area contributed by atoms with Crippen molar-refractivity contribution in [2.75, 3.05) is 25.7 Å². The zero-order chi connectivity index (χ0) is 19.3. The molecule has 0 spiro atoms. The van der Waals surface area contributed by atoms with Crippen molar-refractivity contribution in [1.82, 2.24) is 5.32 Å². The van der Waals surface area contributed by atoms with Crippen molar-refractivity contribution >= 4 is 17.6 Å². The first-order chi connectivity index (χ1) is 12.5. The van der Waals surface area contributed by atoms with Gasteiger partial charge in [-0.15, -0.1) is 0 Å². The van der Waals surface area contributed by atoms with Crippen LogP contribution in [0.1, 0.15) is 43.5 Å². The molecule has 1 unspecified atom stereocenters. The van der Waals surface area contributed by atoms with E-state index < -0.39 is 12.1 Å². The number of ether oxygens (including phenoxy) is 2. The van der Waals surface area contributed by atoms with Gasteiger partial charge in [0.2, 0.25) is 0 Å². The SMILES string of the molecule is CCCCCNC=C1C(=O)c2cc(OC)c(OC)cc2N(C(=O)O)C1C. The fourth-order valence-corrected chi connectivity index (χ4v) is 3.06. The number of carbonyl (C=O) groups is 2. The van der Waals surface area contributed by atoms with Crippen LogP contribution in [0.15, 0.2) is 23.9 Å². The summed E-state index contributed by atoms with van der Waals surface area (Å²) in [6.07, 6.45) is 3.71. The summed E-state index contributed by atoms with van der Waals surface area (Å²) >= 11 is 0. The summed E-state index contributed by atoms with van der Waals surface area (Å²) in [6, 6.07) is 2.45. The van der Waals surface area contributed by atoms with Gasteiger partial charge in [0.25, 0.3) is 0 Å². The molecule has 142 valence electrons. The molecule has 1 heterocycles. The van der Waals surface area contributed by atoms with Crippen LogP contribution in [0.4, 0.5) is 10.5 Å². The molecule has 1 aliphatic rings. The number of nitrogens with one attached hydrogen (secondary N) is 1. The monoisotopic (exact) mass is 362 g/mol. The summed E-state index contributed by atoms with van der Waals surface area (Å²) < 4.78 is 10.5. The Morgan fingerprint density at radius 1 is 1.27 bits per heavy atom. The minimum Gasteiger partial charge on any atom is -0.493 e. The first-order valence-electron chi connectivity index (χ1n) is 8.72. The molecule has 0 bridgehead atoms. The average molecular weight is 362 g/mol. The molecule has 1 aromatic rings. The lowest BCUT2D eigenvalue weighted by molar-refractivity contribution is 0.102. The fourth-order valence-electron chi connectivity index (χ4n) is 3.06. The molecule has 26 heavy (non-hydrogen) atoms. The second kappa shape index (κ2) is 8.60. The molecule has 0 aliphatic carbocycles. The molecular formula is C19H26N2O5. The number of nitrogens with zero attached hydrogens (tertiary/aromatic N) is 1. The summed E-state index contributed by atoms with van der Waals surface area (Å²) in [5, 5.41) is 12.8.